The zero-order chi connectivity index (χ0) is 16.8. The van der Waals surface area contributed by atoms with Crippen LogP contribution in [0.15, 0.2) is 48.5 Å². The summed E-state index contributed by atoms with van der Waals surface area (Å²) in [5, 5.41) is 3.12. The van der Waals surface area contributed by atoms with E-state index in [1.54, 1.807) is 36.4 Å². The number of hydrogen-bond acceptors (Lipinski definition) is 4. The Kier molecular flexibility index (Phi) is 5.49. The van der Waals surface area contributed by atoms with Crippen LogP contribution in [0.3, 0.4) is 0 Å². The highest BCUT2D eigenvalue weighted by molar-refractivity contribution is 6.30. The second-order valence-corrected chi connectivity index (χ2v) is 5.20. The molecule has 2 rings (SSSR count). The van der Waals surface area contributed by atoms with Gasteiger partial charge in [0.1, 0.15) is 0 Å². The van der Waals surface area contributed by atoms with Crippen LogP contribution in [0.4, 0.5) is 5.69 Å². The number of anilines is 1. The Morgan fingerprint density at radius 1 is 0.957 bits per heavy atom. The van der Waals surface area contributed by atoms with E-state index in [-0.39, 0.29) is 18.3 Å². The molecule has 0 aliphatic carbocycles. The molecule has 0 spiro atoms. The number of benzene rings is 2. The van der Waals surface area contributed by atoms with Gasteiger partial charge in [0.15, 0.2) is 12.4 Å². The van der Waals surface area contributed by atoms with Gasteiger partial charge in [-0.2, -0.15) is 0 Å². The highest BCUT2D eigenvalue weighted by atomic mass is 35.5. The second kappa shape index (κ2) is 7.56. The number of esters is 1. The molecule has 5 nitrogen and oxygen atoms in total. The molecule has 0 saturated heterocycles. The summed E-state index contributed by atoms with van der Waals surface area (Å²) in [6.45, 7) is 1.04. The van der Waals surface area contributed by atoms with Gasteiger partial charge in [-0.25, -0.2) is 4.79 Å². The van der Waals surface area contributed by atoms with Crippen molar-refractivity contribution in [3.05, 3.63) is 64.7 Å². The highest BCUT2D eigenvalue weighted by Crippen LogP contribution is 2.12. The van der Waals surface area contributed by atoms with Gasteiger partial charge in [-0.1, -0.05) is 11.6 Å². The number of carbonyl (C=O) groups is 3. The molecule has 23 heavy (non-hydrogen) atoms. The minimum absolute atomic E-state index is 0.200. The Balaban J connectivity index is 1.92. The average Bonchev–Trinajstić information content (AvgIpc) is 2.53. The minimum Gasteiger partial charge on any atom is -0.454 e. The SMILES string of the molecule is CC(=O)Nc1ccc(C(=O)OCC(=O)c2ccc(Cl)cc2)cc1. The molecule has 1 amide bonds. The maximum absolute atomic E-state index is 11.9. The van der Waals surface area contributed by atoms with Crippen molar-refractivity contribution in [2.45, 2.75) is 6.92 Å². The lowest BCUT2D eigenvalue weighted by atomic mass is 10.1. The van der Waals surface area contributed by atoms with Gasteiger partial charge in [-0.05, 0) is 48.5 Å². The Labute approximate surface area is 138 Å². The number of amides is 1. The Morgan fingerprint density at radius 3 is 2.09 bits per heavy atom. The minimum atomic E-state index is -0.610. The van der Waals surface area contributed by atoms with Crippen molar-refractivity contribution >= 4 is 34.9 Å². The number of Topliss-reactive ketones (excluding diaryl/α,β-unsaturated/α-hetero) is 1. The van der Waals surface area contributed by atoms with E-state index in [0.717, 1.165) is 0 Å². The van der Waals surface area contributed by atoms with Crippen molar-refractivity contribution in [3.63, 3.8) is 0 Å². The molecule has 0 heterocycles. The maximum atomic E-state index is 11.9. The summed E-state index contributed by atoms with van der Waals surface area (Å²) in [6.07, 6.45) is 0. The first kappa shape index (κ1) is 16.7. The van der Waals surface area contributed by atoms with Crippen molar-refractivity contribution in [1.29, 1.82) is 0 Å². The summed E-state index contributed by atoms with van der Waals surface area (Å²) in [4.78, 5) is 34.7. The van der Waals surface area contributed by atoms with Crippen LogP contribution in [0.25, 0.3) is 0 Å². The van der Waals surface area contributed by atoms with E-state index in [2.05, 4.69) is 5.32 Å². The van der Waals surface area contributed by atoms with Crippen LogP contribution in [-0.2, 0) is 9.53 Å². The molecule has 6 heteroatoms. The largest absolute Gasteiger partial charge is 0.454 e. The summed E-state index contributed by atoms with van der Waals surface area (Å²) in [5.41, 5.74) is 1.29. The van der Waals surface area contributed by atoms with Crippen molar-refractivity contribution in [2.24, 2.45) is 0 Å². The number of rotatable bonds is 5. The molecule has 0 fully saturated rings. The number of ketones is 1. The van der Waals surface area contributed by atoms with Crippen LogP contribution in [0.5, 0.6) is 0 Å². The zero-order valence-electron chi connectivity index (χ0n) is 12.3. The van der Waals surface area contributed by atoms with E-state index in [0.29, 0.717) is 21.8 Å². The van der Waals surface area contributed by atoms with Crippen LogP contribution in [0.2, 0.25) is 5.02 Å². The van der Waals surface area contributed by atoms with E-state index in [9.17, 15) is 14.4 Å². The Hall–Kier alpha value is -2.66. The molecular formula is C17H14ClNO4. The standard InChI is InChI=1S/C17H14ClNO4/c1-11(20)19-15-8-4-13(5-9-15)17(22)23-10-16(21)12-2-6-14(18)7-3-12/h2-9H,10H2,1H3,(H,19,20). The predicted octanol–water partition coefficient (Wildman–Crippen LogP) is 3.34. The third-order valence-corrected chi connectivity index (χ3v) is 3.19. The Morgan fingerprint density at radius 2 is 1.52 bits per heavy atom. The fourth-order valence-electron chi connectivity index (χ4n) is 1.83. The van der Waals surface area contributed by atoms with E-state index in [1.807, 2.05) is 0 Å². The predicted molar refractivity (Wildman–Crippen MR) is 86.8 cm³/mol. The lowest BCUT2D eigenvalue weighted by molar-refractivity contribution is -0.114. The van der Waals surface area contributed by atoms with Gasteiger partial charge in [0.05, 0.1) is 5.56 Å². The smallest absolute Gasteiger partial charge is 0.338 e. The summed E-state index contributed by atoms with van der Waals surface area (Å²) in [5.74, 6) is -1.12. The van der Waals surface area contributed by atoms with Crippen molar-refractivity contribution < 1.29 is 19.1 Å². The van der Waals surface area contributed by atoms with Gasteiger partial charge in [-0.3, -0.25) is 9.59 Å². The topological polar surface area (TPSA) is 72.5 Å². The summed E-state index contributed by atoms with van der Waals surface area (Å²) < 4.78 is 4.99. The molecule has 0 bridgehead atoms. The van der Waals surface area contributed by atoms with Gasteiger partial charge >= 0.3 is 5.97 Å². The molecular weight excluding hydrogens is 318 g/mol. The summed E-state index contributed by atoms with van der Waals surface area (Å²) in [6, 6.07) is 12.5. The number of nitrogens with one attached hydrogen (secondary N) is 1. The van der Waals surface area contributed by atoms with E-state index < -0.39 is 5.97 Å². The first-order valence-electron chi connectivity index (χ1n) is 6.79. The number of carbonyl (C=O) groups excluding carboxylic acids is 3. The number of halogens is 1. The van der Waals surface area contributed by atoms with Gasteiger partial charge in [0.25, 0.3) is 0 Å². The highest BCUT2D eigenvalue weighted by Gasteiger charge is 2.12. The monoisotopic (exact) mass is 331 g/mol. The molecule has 118 valence electrons. The molecule has 0 atom stereocenters. The number of ether oxygens (including phenoxy) is 1. The van der Waals surface area contributed by atoms with Crippen molar-refractivity contribution in [3.8, 4) is 0 Å². The Bertz CT molecular complexity index is 723. The third-order valence-electron chi connectivity index (χ3n) is 2.94. The molecule has 0 aliphatic rings. The van der Waals surface area contributed by atoms with Crippen LogP contribution >= 0.6 is 11.6 Å². The third kappa shape index (κ3) is 4.93. The molecule has 2 aromatic carbocycles. The van der Waals surface area contributed by atoms with E-state index in [1.165, 1.54) is 19.1 Å². The van der Waals surface area contributed by atoms with E-state index >= 15 is 0 Å². The molecule has 0 aromatic heterocycles. The van der Waals surface area contributed by atoms with Gasteiger partial charge in [-0.15, -0.1) is 0 Å². The lowest BCUT2D eigenvalue weighted by Gasteiger charge is -2.06. The average molecular weight is 332 g/mol. The number of hydrogen-bond donors (Lipinski definition) is 1. The fraction of sp³-hybridized carbons (Fsp3) is 0.118. The fourth-order valence-corrected chi connectivity index (χ4v) is 1.95. The zero-order valence-corrected chi connectivity index (χ0v) is 13.1. The normalized spacial score (nSPS) is 10.0. The lowest BCUT2D eigenvalue weighted by Crippen LogP contribution is -2.14. The summed E-state index contributed by atoms with van der Waals surface area (Å²) >= 11 is 5.75. The molecule has 0 aliphatic heterocycles. The van der Waals surface area contributed by atoms with Crippen molar-refractivity contribution in [1.82, 2.24) is 0 Å². The van der Waals surface area contributed by atoms with Crippen molar-refractivity contribution in [2.75, 3.05) is 11.9 Å². The van der Waals surface area contributed by atoms with E-state index in [4.69, 9.17) is 16.3 Å². The molecule has 0 unspecified atom stereocenters. The molecule has 2 aromatic rings. The first-order chi connectivity index (χ1) is 11.0. The molecule has 0 saturated carbocycles. The second-order valence-electron chi connectivity index (χ2n) is 4.76. The van der Waals surface area contributed by atoms with Crippen LogP contribution in [0.1, 0.15) is 27.6 Å². The quantitative estimate of drug-likeness (QED) is 0.673. The molecule has 0 radical (unpaired) electrons. The van der Waals surface area contributed by atoms with Gasteiger partial charge in [0.2, 0.25) is 5.91 Å². The first-order valence-corrected chi connectivity index (χ1v) is 7.17. The summed E-state index contributed by atoms with van der Waals surface area (Å²) in [7, 11) is 0. The van der Waals surface area contributed by atoms with Crippen LogP contribution in [0, 0.1) is 0 Å². The molecule has 1 N–H and O–H groups in total. The van der Waals surface area contributed by atoms with Crippen LogP contribution in [-0.4, -0.2) is 24.3 Å². The van der Waals surface area contributed by atoms with Gasteiger partial charge in [0, 0.05) is 23.2 Å². The maximum Gasteiger partial charge on any atom is 0.338 e. The van der Waals surface area contributed by atoms with Gasteiger partial charge < -0.3 is 10.1 Å². The van der Waals surface area contributed by atoms with Crippen LogP contribution < -0.4 is 5.32 Å².